The molecule has 0 aromatic heterocycles. The van der Waals surface area contributed by atoms with Crippen molar-refractivity contribution in [3.8, 4) is 34.5 Å². The zero-order valence-corrected chi connectivity index (χ0v) is 21.9. The first-order chi connectivity index (χ1) is 18.9. The van der Waals surface area contributed by atoms with Crippen LogP contribution in [0, 0.1) is 13.8 Å². The lowest BCUT2D eigenvalue weighted by Gasteiger charge is -2.26. The van der Waals surface area contributed by atoms with E-state index in [4.69, 9.17) is 23.2 Å². The topological polar surface area (TPSA) is 156 Å². The summed E-state index contributed by atoms with van der Waals surface area (Å²) < 4.78 is 0. The van der Waals surface area contributed by atoms with Gasteiger partial charge in [0, 0.05) is 43.1 Å². The van der Waals surface area contributed by atoms with Gasteiger partial charge in [0.2, 0.25) is 5.43 Å². The van der Waals surface area contributed by atoms with Crippen LogP contribution in [0.3, 0.4) is 0 Å². The number of fused-ring (bicyclic) bond motifs is 2. The van der Waals surface area contributed by atoms with Gasteiger partial charge in [-0.3, -0.25) is 9.59 Å². The molecule has 196 valence electrons. The van der Waals surface area contributed by atoms with Gasteiger partial charge in [-0.15, -0.1) is 0 Å². The van der Waals surface area contributed by atoms with E-state index in [2.05, 4.69) is 0 Å². The number of rotatable bonds is 0. The third-order valence-corrected chi connectivity index (χ3v) is 9.16. The van der Waals surface area contributed by atoms with E-state index >= 15 is 0 Å². The molecule has 0 aliphatic carbocycles. The normalized spacial score (nSPS) is 12.8. The van der Waals surface area contributed by atoms with Crippen molar-refractivity contribution < 1.29 is 30.6 Å². The third kappa shape index (κ3) is 2.15. The van der Waals surface area contributed by atoms with Gasteiger partial charge < -0.3 is 30.6 Å². The van der Waals surface area contributed by atoms with E-state index in [1.165, 1.54) is 12.1 Å². The molecule has 10 heteroatoms. The van der Waals surface area contributed by atoms with Gasteiger partial charge in [0.1, 0.15) is 44.5 Å². The summed E-state index contributed by atoms with van der Waals surface area (Å²) in [4.78, 5) is 27.5. The Morgan fingerprint density at radius 1 is 0.450 bits per heavy atom. The van der Waals surface area contributed by atoms with Crippen molar-refractivity contribution in [3.05, 3.63) is 53.8 Å². The molecule has 0 saturated carbocycles. The zero-order chi connectivity index (χ0) is 28.4. The molecule has 8 aromatic rings. The van der Waals surface area contributed by atoms with Crippen LogP contribution in [-0.4, -0.2) is 30.6 Å². The summed E-state index contributed by atoms with van der Waals surface area (Å²) >= 11 is 12.6. The van der Waals surface area contributed by atoms with Crippen molar-refractivity contribution in [2.45, 2.75) is 13.8 Å². The number of aromatic hydroxyl groups is 6. The maximum atomic E-state index is 14.0. The van der Waals surface area contributed by atoms with E-state index in [9.17, 15) is 40.2 Å². The molecule has 0 atom stereocenters. The van der Waals surface area contributed by atoms with Gasteiger partial charge in [0.25, 0.3) is 0 Å². The van der Waals surface area contributed by atoms with Crippen LogP contribution in [0.15, 0.2) is 21.7 Å². The Labute approximate surface area is 231 Å². The maximum Gasteiger partial charge on any atom is 0.201 e. The summed E-state index contributed by atoms with van der Waals surface area (Å²) in [6, 6.07) is 2.75. The summed E-state index contributed by atoms with van der Waals surface area (Å²) in [5, 5.41) is 67.2. The van der Waals surface area contributed by atoms with Crippen LogP contribution < -0.4 is 10.9 Å². The Morgan fingerprint density at radius 3 is 1.43 bits per heavy atom. The molecule has 0 amide bonds. The van der Waals surface area contributed by atoms with Crippen molar-refractivity contribution in [2.75, 3.05) is 0 Å². The first-order valence-corrected chi connectivity index (χ1v) is 12.8. The van der Waals surface area contributed by atoms with Gasteiger partial charge in [-0.05, 0) is 47.9 Å². The largest absolute Gasteiger partial charge is 0.507 e. The summed E-state index contributed by atoms with van der Waals surface area (Å²) in [6.07, 6.45) is 0. The Bertz CT molecular complexity index is 2600. The molecule has 8 aromatic carbocycles. The standard InChI is InChI=1S/C30H14Cl2O8/c1-5-3-7(33)11-13-9(5)10-6(2)4-8(34)12-14(10)16-15(13)17-19(27(37)23(31)29(39)21(17)25(11)35)20-18(16)22(26(12)36)30(40)24(32)28(20)38/h3-4,33,36-40H,1-2H3. The van der Waals surface area contributed by atoms with Crippen molar-refractivity contribution in [1.29, 1.82) is 0 Å². The van der Waals surface area contributed by atoms with Crippen LogP contribution in [0.5, 0.6) is 34.5 Å². The van der Waals surface area contributed by atoms with Gasteiger partial charge in [0.15, 0.2) is 5.43 Å². The molecule has 8 nitrogen and oxygen atoms in total. The number of halogens is 2. The summed E-state index contributed by atoms with van der Waals surface area (Å²) in [5.41, 5.74) is -0.228. The average molecular weight is 573 g/mol. The van der Waals surface area contributed by atoms with E-state index in [0.717, 1.165) is 0 Å². The zero-order valence-electron chi connectivity index (χ0n) is 20.4. The van der Waals surface area contributed by atoms with E-state index < -0.39 is 49.7 Å². The average Bonchev–Trinajstić information content (AvgIpc) is 2.89. The molecule has 0 spiro atoms. The smallest absolute Gasteiger partial charge is 0.201 e. The van der Waals surface area contributed by atoms with Gasteiger partial charge in [-0.25, -0.2) is 0 Å². The molecule has 0 bridgehead atoms. The quantitative estimate of drug-likeness (QED) is 0.0901. The van der Waals surface area contributed by atoms with Crippen LogP contribution >= 0.6 is 23.2 Å². The Hall–Kier alpha value is -4.66. The second-order valence-corrected chi connectivity index (χ2v) is 11.1. The van der Waals surface area contributed by atoms with Crippen molar-refractivity contribution in [1.82, 2.24) is 0 Å². The molecule has 0 unspecified atom stereocenters. The lowest BCUT2D eigenvalue weighted by molar-refractivity contribution is 0.452. The highest BCUT2D eigenvalue weighted by molar-refractivity contribution is 6.53. The number of hydrogen-bond donors (Lipinski definition) is 6. The summed E-state index contributed by atoms with van der Waals surface area (Å²) in [5.74, 6) is -3.72. The predicted octanol–water partition coefficient (Wildman–Crippen LogP) is 6.39. The molecule has 0 aliphatic heterocycles. The Morgan fingerprint density at radius 2 is 0.850 bits per heavy atom. The Balaban J connectivity index is 2.05. The minimum atomic E-state index is -0.770. The monoisotopic (exact) mass is 572 g/mol. The van der Waals surface area contributed by atoms with Crippen LogP contribution in [0.1, 0.15) is 11.1 Å². The highest BCUT2D eigenvalue weighted by Gasteiger charge is 2.35. The van der Waals surface area contributed by atoms with Crippen LogP contribution in [0.25, 0.3) is 75.4 Å². The molecule has 0 aliphatic rings. The molecule has 0 saturated heterocycles. The second-order valence-electron chi connectivity index (χ2n) is 10.4. The number of hydrogen-bond acceptors (Lipinski definition) is 8. The van der Waals surface area contributed by atoms with Gasteiger partial charge in [-0.1, -0.05) is 23.2 Å². The van der Waals surface area contributed by atoms with E-state index in [0.29, 0.717) is 32.7 Å². The molecule has 6 N–H and O–H groups in total. The Kier molecular flexibility index (Phi) is 3.91. The van der Waals surface area contributed by atoms with Gasteiger partial charge in [-0.2, -0.15) is 0 Å². The predicted molar refractivity (Wildman–Crippen MR) is 156 cm³/mol. The van der Waals surface area contributed by atoms with Gasteiger partial charge >= 0.3 is 0 Å². The number of benzene rings is 8. The van der Waals surface area contributed by atoms with Gasteiger partial charge in [0.05, 0.1) is 21.5 Å². The minimum Gasteiger partial charge on any atom is -0.507 e. The lowest BCUT2D eigenvalue weighted by Crippen LogP contribution is -2.09. The fourth-order valence-corrected chi connectivity index (χ4v) is 7.40. The second kappa shape index (κ2) is 6.72. The first kappa shape index (κ1) is 23.2. The van der Waals surface area contributed by atoms with Crippen molar-refractivity contribution in [2.24, 2.45) is 0 Å². The highest BCUT2D eigenvalue weighted by Crippen LogP contribution is 2.61. The number of aryl methyl sites for hydroxylation is 2. The van der Waals surface area contributed by atoms with Crippen LogP contribution in [-0.2, 0) is 0 Å². The van der Waals surface area contributed by atoms with E-state index in [-0.39, 0.29) is 59.6 Å². The fraction of sp³-hybridized carbons (Fsp3) is 0.0667. The van der Waals surface area contributed by atoms with Crippen molar-refractivity contribution >= 4 is 98.6 Å². The van der Waals surface area contributed by atoms with Crippen LogP contribution in [0.4, 0.5) is 0 Å². The van der Waals surface area contributed by atoms with E-state index in [1.807, 2.05) is 0 Å². The van der Waals surface area contributed by atoms with Crippen molar-refractivity contribution in [3.63, 3.8) is 0 Å². The molecule has 8 rings (SSSR count). The molecule has 0 heterocycles. The third-order valence-electron chi connectivity index (χ3n) is 8.45. The highest BCUT2D eigenvalue weighted by atomic mass is 35.5. The summed E-state index contributed by atoms with van der Waals surface area (Å²) in [6.45, 7) is 3.43. The SMILES string of the molecule is Cc1cc(=O)c2c(O)c3c(O)c(Cl)c(O)c4c5c(O)c(Cl)c(O)c6c(=O)c7c(O)cc(C)c8c1c2c(c34)c(c65)c78. The summed E-state index contributed by atoms with van der Waals surface area (Å²) in [7, 11) is 0. The minimum absolute atomic E-state index is 0.0144. The first-order valence-electron chi connectivity index (χ1n) is 12.0. The number of phenolic OH excluding ortho intramolecular Hbond substituents is 6. The van der Waals surface area contributed by atoms with Crippen LogP contribution in [0.2, 0.25) is 10.0 Å². The molecule has 0 radical (unpaired) electrons. The maximum absolute atomic E-state index is 14.0. The molecule has 40 heavy (non-hydrogen) atoms. The molecule has 0 fully saturated rings. The van der Waals surface area contributed by atoms with E-state index in [1.54, 1.807) is 13.8 Å². The number of phenols is 6. The fourth-order valence-electron chi connectivity index (χ4n) is 7.02. The molecular weight excluding hydrogens is 559 g/mol. The lowest BCUT2D eigenvalue weighted by atomic mass is 9.78. The molecular formula is C30H14Cl2O8.